The summed E-state index contributed by atoms with van der Waals surface area (Å²) < 4.78 is 49.8. The topological polar surface area (TPSA) is 62.4 Å². The van der Waals surface area contributed by atoms with Gasteiger partial charge in [-0.15, -0.1) is 0 Å². The summed E-state index contributed by atoms with van der Waals surface area (Å²) >= 11 is 0. The van der Waals surface area contributed by atoms with Crippen LogP contribution in [0.5, 0.6) is 5.75 Å². The SMILES string of the molecule is CNc1c(C(C)=N)c2c(F)cc(OC)cc2c2nc3cc(F)cc(F)c3n12. The molecule has 2 heterocycles. The van der Waals surface area contributed by atoms with E-state index in [0.717, 1.165) is 12.1 Å². The molecule has 8 heteroatoms. The molecule has 5 nitrogen and oxygen atoms in total. The quantitative estimate of drug-likeness (QED) is 0.521. The lowest BCUT2D eigenvalue weighted by Crippen LogP contribution is -2.09. The number of halogens is 3. The third-order valence-corrected chi connectivity index (χ3v) is 4.53. The molecule has 0 saturated carbocycles. The van der Waals surface area contributed by atoms with Crippen molar-refractivity contribution in [2.24, 2.45) is 0 Å². The van der Waals surface area contributed by atoms with Gasteiger partial charge in [0.25, 0.3) is 0 Å². The number of benzene rings is 2. The lowest BCUT2D eigenvalue weighted by Gasteiger charge is -2.17. The molecule has 0 bridgehead atoms. The van der Waals surface area contributed by atoms with Crippen LogP contribution in [0.4, 0.5) is 19.0 Å². The fourth-order valence-electron chi connectivity index (χ4n) is 3.49. The van der Waals surface area contributed by atoms with E-state index in [1.54, 1.807) is 13.1 Å². The minimum absolute atomic E-state index is 0.0448. The first-order valence-corrected chi connectivity index (χ1v) is 8.11. The van der Waals surface area contributed by atoms with Gasteiger partial charge in [-0.05, 0) is 13.0 Å². The summed E-state index contributed by atoms with van der Waals surface area (Å²) in [6, 6.07) is 4.67. The monoisotopic (exact) mass is 372 g/mol. The number of nitrogens with zero attached hydrogens (tertiary/aromatic N) is 2. The van der Waals surface area contributed by atoms with E-state index in [4.69, 9.17) is 10.1 Å². The number of hydrogen-bond donors (Lipinski definition) is 2. The number of methoxy groups -OCH3 is 1. The van der Waals surface area contributed by atoms with E-state index >= 15 is 0 Å². The molecule has 0 spiro atoms. The molecule has 0 aliphatic rings. The zero-order valence-corrected chi connectivity index (χ0v) is 14.7. The summed E-state index contributed by atoms with van der Waals surface area (Å²) in [6.07, 6.45) is 0. The number of imidazole rings is 1. The van der Waals surface area contributed by atoms with E-state index in [2.05, 4.69) is 10.3 Å². The number of anilines is 1. The molecule has 27 heavy (non-hydrogen) atoms. The molecule has 0 aliphatic carbocycles. The summed E-state index contributed by atoms with van der Waals surface area (Å²) in [4.78, 5) is 4.34. The fraction of sp³-hybridized carbons (Fsp3) is 0.158. The predicted octanol–water partition coefficient (Wildman–Crippen LogP) is 4.50. The van der Waals surface area contributed by atoms with E-state index in [-0.39, 0.29) is 39.1 Å². The molecule has 2 aromatic heterocycles. The van der Waals surface area contributed by atoms with Gasteiger partial charge in [0.15, 0.2) is 5.82 Å². The van der Waals surface area contributed by atoms with Gasteiger partial charge >= 0.3 is 0 Å². The van der Waals surface area contributed by atoms with Gasteiger partial charge in [0.2, 0.25) is 0 Å². The molecule has 4 rings (SSSR count). The number of hydrogen-bond acceptors (Lipinski definition) is 4. The van der Waals surface area contributed by atoms with Crippen molar-refractivity contribution in [3.05, 3.63) is 47.3 Å². The fourth-order valence-corrected chi connectivity index (χ4v) is 3.49. The molecule has 2 N–H and O–H groups in total. The highest BCUT2D eigenvalue weighted by Crippen LogP contribution is 2.37. The zero-order chi connectivity index (χ0) is 19.5. The normalized spacial score (nSPS) is 11.5. The van der Waals surface area contributed by atoms with Crippen molar-refractivity contribution in [1.29, 1.82) is 5.41 Å². The molecular formula is C19H15F3N4O. The van der Waals surface area contributed by atoms with Gasteiger partial charge < -0.3 is 15.5 Å². The maximum absolute atomic E-state index is 14.9. The number of nitrogens with one attached hydrogen (secondary N) is 2. The van der Waals surface area contributed by atoms with Crippen molar-refractivity contribution in [3.8, 4) is 5.75 Å². The third kappa shape index (κ3) is 2.33. The number of aromatic nitrogens is 2. The molecular weight excluding hydrogens is 357 g/mol. The Bertz CT molecular complexity index is 1260. The molecule has 0 aliphatic heterocycles. The second kappa shape index (κ2) is 5.87. The Morgan fingerprint density at radius 1 is 1.15 bits per heavy atom. The first-order chi connectivity index (χ1) is 12.9. The minimum atomic E-state index is -0.801. The number of rotatable bonds is 3. The van der Waals surface area contributed by atoms with Crippen LogP contribution in [0, 0.1) is 22.9 Å². The van der Waals surface area contributed by atoms with Crippen LogP contribution in [0.1, 0.15) is 12.5 Å². The van der Waals surface area contributed by atoms with Gasteiger partial charge in [-0.25, -0.2) is 18.2 Å². The van der Waals surface area contributed by atoms with Gasteiger partial charge in [-0.3, -0.25) is 4.40 Å². The molecule has 2 aromatic carbocycles. The van der Waals surface area contributed by atoms with E-state index in [9.17, 15) is 13.2 Å². The van der Waals surface area contributed by atoms with Crippen LogP contribution in [0.15, 0.2) is 24.3 Å². The Kier molecular flexibility index (Phi) is 3.73. The summed E-state index contributed by atoms with van der Waals surface area (Å²) in [6.45, 7) is 1.51. The second-order valence-corrected chi connectivity index (χ2v) is 6.16. The largest absolute Gasteiger partial charge is 0.497 e. The van der Waals surface area contributed by atoms with Crippen molar-refractivity contribution in [3.63, 3.8) is 0 Å². The van der Waals surface area contributed by atoms with Crippen LogP contribution >= 0.6 is 0 Å². The van der Waals surface area contributed by atoms with Crippen molar-refractivity contribution in [2.45, 2.75) is 6.92 Å². The average molecular weight is 372 g/mol. The van der Waals surface area contributed by atoms with Crippen LogP contribution in [-0.2, 0) is 0 Å². The highest BCUT2D eigenvalue weighted by Gasteiger charge is 2.23. The smallest absolute Gasteiger partial charge is 0.152 e. The molecule has 0 saturated heterocycles. The molecule has 0 radical (unpaired) electrons. The molecule has 0 unspecified atom stereocenters. The highest BCUT2D eigenvalue weighted by molar-refractivity contribution is 6.16. The molecule has 0 atom stereocenters. The predicted molar refractivity (Wildman–Crippen MR) is 98.7 cm³/mol. The van der Waals surface area contributed by atoms with E-state index in [1.165, 1.54) is 24.5 Å². The molecule has 0 fully saturated rings. The van der Waals surface area contributed by atoms with Gasteiger partial charge in [0.1, 0.15) is 34.4 Å². The molecule has 4 aromatic rings. The van der Waals surface area contributed by atoms with Crippen LogP contribution in [-0.4, -0.2) is 29.3 Å². The average Bonchev–Trinajstić information content (AvgIpc) is 2.99. The highest BCUT2D eigenvalue weighted by atomic mass is 19.1. The van der Waals surface area contributed by atoms with Crippen molar-refractivity contribution in [2.75, 3.05) is 19.5 Å². The van der Waals surface area contributed by atoms with Crippen molar-refractivity contribution in [1.82, 2.24) is 9.38 Å². The second-order valence-electron chi connectivity index (χ2n) is 6.16. The molecule has 138 valence electrons. The lowest BCUT2D eigenvalue weighted by molar-refractivity contribution is 0.412. The van der Waals surface area contributed by atoms with Crippen LogP contribution < -0.4 is 10.1 Å². The van der Waals surface area contributed by atoms with E-state index in [1.807, 2.05) is 0 Å². The van der Waals surface area contributed by atoms with Crippen LogP contribution in [0.3, 0.4) is 0 Å². The Morgan fingerprint density at radius 2 is 1.89 bits per heavy atom. The summed E-state index contributed by atoms with van der Waals surface area (Å²) in [5.74, 6) is -1.60. The Hall–Kier alpha value is -3.29. The standard InChI is InChI=1S/C19H15F3N4O/c1-8(23)15-16-11(6-10(27-3)7-12(16)21)18-25-14-5-9(20)4-13(22)17(14)26(18)19(15)24-2/h4-7,23-24H,1-3H3. The van der Waals surface area contributed by atoms with Crippen LogP contribution in [0.2, 0.25) is 0 Å². The van der Waals surface area contributed by atoms with Gasteiger partial charge in [0.05, 0.1) is 12.6 Å². The summed E-state index contributed by atoms with van der Waals surface area (Å²) in [5, 5.41) is 11.6. The Labute approximate surface area is 151 Å². The Balaban J connectivity index is 2.40. The maximum atomic E-state index is 14.9. The minimum Gasteiger partial charge on any atom is -0.497 e. The van der Waals surface area contributed by atoms with Crippen LogP contribution in [0.25, 0.3) is 27.5 Å². The van der Waals surface area contributed by atoms with Gasteiger partial charge in [-0.2, -0.15) is 0 Å². The van der Waals surface area contributed by atoms with Gasteiger partial charge in [0, 0.05) is 47.3 Å². The third-order valence-electron chi connectivity index (χ3n) is 4.53. The van der Waals surface area contributed by atoms with Crippen molar-refractivity contribution < 1.29 is 17.9 Å². The first kappa shape index (κ1) is 17.1. The number of pyridine rings is 1. The van der Waals surface area contributed by atoms with E-state index in [0.29, 0.717) is 11.2 Å². The zero-order valence-electron chi connectivity index (χ0n) is 14.7. The first-order valence-electron chi connectivity index (χ1n) is 8.11. The van der Waals surface area contributed by atoms with Gasteiger partial charge in [-0.1, -0.05) is 0 Å². The van der Waals surface area contributed by atoms with E-state index < -0.39 is 17.5 Å². The maximum Gasteiger partial charge on any atom is 0.152 e. The lowest BCUT2D eigenvalue weighted by atomic mass is 10.0. The number of ether oxygens (including phenoxy) is 1. The van der Waals surface area contributed by atoms with Crippen molar-refractivity contribution >= 4 is 39.0 Å². The Morgan fingerprint density at radius 3 is 2.52 bits per heavy atom. The summed E-state index contributed by atoms with van der Waals surface area (Å²) in [5.41, 5.74) is 0.719. The number of fused-ring (bicyclic) bond motifs is 5. The summed E-state index contributed by atoms with van der Waals surface area (Å²) in [7, 11) is 2.99. The molecule has 0 amide bonds.